The highest BCUT2D eigenvalue weighted by molar-refractivity contribution is 7.10. The van der Waals surface area contributed by atoms with Gasteiger partial charge in [0.15, 0.2) is 5.82 Å². The largest absolute Gasteiger partial charge is 0.349 e. The van der Waals surface area contributed by atoms with Gasteiger partial charge in [0.2, 0.25) is 11.8 Å². The number of rotatable bonds is 6. The summed E-state index contributed by atoms with van der Waals surface area (Å²) >= 11 is 1.50. The molecule has 9 heteroatoms. The molecule has 0 aromatic carbocycles. The maximum Gasteiger partial charge on any atom is 0.222 e. The van der Waals surface area contributed by atoms with Gasteiger partial charge in [-0.3, -0.25) is 9.59 Å². The van der Waals surface area contributed by atoms with Crippen molar-refractivity contribution in [2.75, 3.05) is 0 Å². The number of H-pyrrole nitrogens is 1. The molecule has 2 heterocycles. The van der Waals surface area contributed by atoms with E-state index >= 15 is 0 Å². The molecule has 8 nitrogen and oxygen atoms in total. The third-order valence-corrected chi connectivity index (χ3v) is 3.47. The summed E-state index contributed by atoms with van der Waals surface area (Å²) < 4.78 is 0. The number of carbonyl (C=O) groups excluding carboxylic acids is 2. The van der Waals surface area contributed by atoms with Gasteiger partial charge < -0.3 is 10.6 Å². The number of carbonyl (C=O) groups is 2. The lowest BCUT2D eigenvalue weighted by molar-refractivity contribution is -0.122. The van der Waals surface area contributed by atoms with Crippen LogP contribution < -0.4 is 10.6 Å². The number of aromatic nitrogens is 4. The molecule has 0 fully saturated rings. The first-order valence-electron chi connectivity index (χ1n) is 5.94. The summed E-state index contributed by atoms with van der Waals surface area (Å²) in [7, 11) is 0. The van der Waals surface area contributed by atoms with Crippen molar-refractivity contribution in [3.63, 3.8) is 0 Å². The van der Waals surface area contributed by atoms with Crippen LogP contribution in [0.15, 0.2) is 17.5 Å². The summed E-state index contributed by atoms with van der Waals surface area (Å²) in [5.74, 6) is 0.0434. The van der Waals surface area contributed by atoms with Gasteiger partial charge in [-0.05, 0) is 11.4 Å². The predicted octanol–water partition coefficient (Wildman–Crippen LogP) is 0.145. The smallest absolute Gasteiger partial charge is 0.222 e. The Kier molecular flexibility index (Phi) is 4.77. The van der Waals surface area contributed by atoms with Crippen molar-refractivity contribution < 1.29 is 9.59 Å². The molecule has 2 aromatic heterocycles. The maximum absolute atomic E-state index is 11.9. The third kappa shape index (κ3) is 4.12. The molecular weight excluding hydrogens is 280 g/mol. The number of nitrogens with one attached hydrogen (secondary N) is 3. The van der Waals surface area contributed by atoms with Crippen molar-refractivity contribution in [2.24, 2.45) is 0 Å². The monoisotopic (exact) mass is 294 g/mol. The fourth-order valence-electron chi connectivity index (χ4n) is 1.65. The quantitative estimate of drug-likeness (QED) is 0.701. The first-order chi connectivity index (χ1) is 9.65. The van der Waals surface area contributed by atoms with Crippen LogP contribution in [-0.4, -0.2) is 32.4 Å². The topological polar surface area (TPSA) is 113 Å². The second-order valence-corrected chi connectivity index (χ2v) is 5.06. The summed E-state index contributed by atoms with van der Waals surface area (Å²) in [6.45, 7) is 1.63. The van der Waals surface area contributed by atoms with Gasteiger partial charge in [0.1, 0.15) is 0 Å². The Hall–Kier alpha value is -2.29. The number of amides is 2. The molecule has 0 aliphatic heterocycles. The molecule has 0 bridgehead atoms. The molecule has 1 atom stereocenters. The summed E-state index contributed by atoms with van der Waals surface area (Å²) in [6, 6.07) is 3.45. The summed E-state index contributed by atoms with van der Waals surface area (Å²) in [5, 5.41) is 20.5. The van der Waals surface area contributed by atoms with Crippen LogP contribution in [0.25, 0.3) is 0 Å². The van der Waals surface area contributed by atoms with Gasteiger partial charge in [-0.15, -0.1) is 21.5 Å². The predicted molar refractivity (Wildman–Crippen MR) is 71.5 cm³/mol. The van der Waals surface area contributed by atoms with E-state index in [2.05, 4.69) is 31.3 Å². The molecule has 0 aliphatic carbocycles. The van der Waals surface area contributed by atoms with Gasteiger partial charge in [-0.2, -0.15) is 5.21 Å². The Balaban J connectivity index is 1.90. The molecular formula is C11H14N6O2S. The van der Waals surface area contributed by atoms with E-state index in [0.29, 0.717) is 5.82 Å². The van der Waals surface area contributed by atoms with Crippen molar-refractivity contribution in [3.8, 4) is 0 Å². The molecule has 0 saturated heterocycles. The van der Waals surface area contributed by atoms with Gasteiger partial charge in [-0.1, -0.05) is 11.3 Å². The van der Waals surface area contributed by atoms with E-state index in [9.17, 15) is 9.59 Å². The number of hydrogen-bond acceptors (Lipinski definition) is 6. The fourth-order valence-corrected chi connectivity index (χ4v) is 2.43. The summed E-state index contributed by atoms with van der Waals surface area (Å²) in [6.07, 6.45) is 0.165. The second-order valence-electron chi connectivity index (χ2n) is 4.08. The Morgan fingerprint density at radius 1 is 1.50 bits per heavy atom. The molecule has 2 rings (SSSR count). The Morgan fingerprint density at radius 2 is 2.35 bits per heavy atom. The average molecular weight is 294 g/mol. The van der Waals surface area contributed by atoms with Crippen LogP contribution in [0.1, 0.15) is 30.1 Å². The van der Waals surface area contributed by atoms with Gasteiger partial charge in [0.05, 0.1) is 19.0 Å². The highest BCUT2D eigenvalue weighted by atomic mass is 32.1. The van der Waals surface area contributed by atoms with Crippen LogP contribution in [0, 0.1) is 0 Å². The first-order valence-corrected chi connectivity index (χ1v) is 6.82. The Morgan fingerprint density at radius 3 is 2.95 bits per heavy atom. The molecule has 2 amide bonds. The number of tetrazole rings is 1. The lowest BCUT2D eigenvalue weighted by atomic mass is 10.1. The number of thiophene rings is 1. The SMILES string of the molecule is CC(=O)NC(CC(=O)NCc1nn[nH]n1)c1cccs1. The maximum atomic E-state index is 11.9. The highest BCUT2D eigenvalue weighted by Gasteiger charge is 2.18. The van der Waals surface area contributed by atoms with Crippen molar-refractivity contribution in [1.29, 1.82) is 0 Å². The third-order valence-electron chi connectivity index (χ3n) is 2.49. The van der Waals surface area contributed by atoms with Crippen molar-refractivity contribution in [2.45, 2.75) is 25.9 Å². The molecule has 0 radical (unpaired) electrons. The van der Waals surface area contributed by atoms with Crippen LogP contribution in [-0.2, 0) is 16.1 Å². The fraction of sp³-hybridized carbons (Fsp3) is 0.364. The van der Waals surface area contributed by atoms with Gasteiger partial charge in [0, 0.05) is 11.8 Å². The second kappa shape index (κ2) is 6.75. The Bertz CT molecular complexity index is 553. The number of nitrogens with zero attached hydrogens (tertiary/aromatic N) is 3. The van der Waals surface area contributed by atoms with Crippen molar-refractivity contribution >= 4 is 23.2 Å². The standard InChI is InChI=1S/C11H14N6O2S/c1-7(18)13-8(9-3-2-4-20-9)5-11(19)12-6-10-14-16-17-15-10/h2-4,8H,5-6H2,1H3,(H,12,19)(H,13,18)(H,14,15,16,17). The van der Waals surface area contributed by atoms with E-state index in [1.54, 1.807) is 0 Å². The molecule has 1 unspecified atom stereocenters. The summed E-state index contributed by atoms with van der Waals surface area (Å²) in [5.41, 5.74) is 0. The lowest BCUT2D eigenvalue weighted by Crippen LogP contribution is -2.32. The van der Waals surface area contributed by atoms with Crippen LogP contribution >= 0.6 is 11.3 Å². The molecule has 20 heavy (non-hydrogen) atoms. The number of aromatic amines is 1. The van der Waals surface area contributed by atoms with Crippen LogP contribution in [0.2, 0.25) is 0 Å². The molecule has 0 spiro atoms. The minimum absolute atomic E-state index is 0.165. The zero-order chi connectivity index (χ0) is 14.4. The zero-order valence-electron chi connectivity index (χ0n) is 10.8. The lowest BCUT2D eigenvalue weighted by Gasteiger charge is -2.15. The minimum Gasteiger partial charge on any atom is -0.349 e. The van der Waals surface area contributed by atoms with E-state index in [-0.39, 0.29) is 30.8 Å². The van der Waals surface area contributed by atoms with Gasteiger partial charge in [-0.25, -0.2) is 0 Å². The van der Waals surface area contributed by atoms with Gasteiger partial charge >= 0.3 is 0 Å². The average Bonchev–Trinajstić information content (AvgIpc) is 3.08. The molecule has 3 N–H and O–H groups in total. The van der Waals surface area contributed by atoms with Crippen LogP contribution in [0.5, 0.6) is 0 Å². The molecule has 0 saturated carbocycles. The molecule has 106 valence electrons. The van der Waals surface area contributed by atoms with Crippen LogP contribution in [0.4, 0.5) is 0 Å². The highest BCUT2D eigenvalue weighted by Crippen LogP contribution is 2.21. The molecule has 0 aliphatic rings. The summed E-state index contributed by atoms with van der Waals surface area (Å²) in [4.78, 5) is 24.0. The zero-order valence-corrected chi connectivity index (χ0v) is 11.6. The van der Waals surface area contributed by atoms with E-state index in [4.69, 9.17) is 0 Å². The minimum atomic E-state index is -0.322. The first kappa shape index (κ1) is 14.1. The van der Waals surface area contributed by atoms with E-state index < -0.39 is 0 Å². The molecule has 2 aromatic rings. The van der Waals surface area contributed by atoms with E-state index in [1.807, 2.05) is 17.5 Å². The van der Waals surface area contributed by atoms with E-state index in [0.717, 1.165) is 4.88 Å². The normalized spacial score (nSPS) is 11.8. The Labute approximate surface area is 119 Å². The van der Waals surface area contributed by atoms with Gasteiger partial charge in [0.25, 0.3) is 0 Å². The van der Waals surface area contributed by atoms with Crippen molar-refractivity contribution in [1.82, 2.24) is 31.3 Å². The number of hydrogen-bond donors (Lipinski definition) is 3. The van der Waals surface area contributed by atoms with Crippen molar-refractivity contribution in [3.05, 3.63) is 28.2 Å². The van der Waals surface area contributed by atoms with Crippen LogP contribution in [0.3, 0.4) is 0 Å². The van der Waals surface area contributed by atoms with E-state index in [1.165, 1.54) is 18.3 Å².